The van der Waals surface area contributed by atoms with Crippen LogP contribution < -0.4 is 5.73 Å². The molecule has 1 aromatic carbocycles. The van der Waals surface area contributed by atoms with E-state index in [1.54, 1.807) is 11.1 Å². The minimum atomic E-state index is 0.475. The van der Waals surface area contributed by atoms with Crippen molar-refractivity contribution in [2.75, 3.05) is 6.54 Å². The third kappa shape index (κ3) is 1.38. The summed E-state index contributed by atoms with van der Waals surface area (Å²) in [5, 5.41) is 0. The highest BCUT2D eigenvalue weighted by molar-refractivity contribution is 9.10. The van der Waals surface area contributed by atoms with Crippen LogP contribution in [0.15, 0.2) is 22.7 Å². The maximum Gasteiger partial charge on any atom is 0.0178 e. The molecule has 1 aromatic rings. The molecule has 0 aliphatic heterocycles. The molecular weight excluding hydrogens is 250 g/mol. The zero-order valence-corrected chi connectivity index (χ0v) is 10.4. The van der Waals surface area contributed by atoms with Gasteiger partial charge in [-0.25, -0.2) is 0 Å². The van der Waals surface area contributed by atoms with E-state index in [1.807, 2.05) is 0 Å². The summed E-state index contributed by atoms with van der Waals surface area (Å²) in [5.41, 5.74) is 9.43. The molecule has 0 saturated heterocycles. The Morgan fingerprint density at radius 3 is 3.07 bits per heavy atom. The molecule has 3 rings (SSSR count). The molecule has 2 N–H and O–H groups in total. The fourth-order valence-corrected chi connectivity index (χ4v) is 3.72. The Morgan fingerprint density at radius 2 is 2.33 bits per heavy atom. The monoisotopic (exact) mass is 265 g/mol. The minimum absolute atomic E-state index is 0.475. The van der Waals surface area contributed by atoms with Crippen molar-refractivity contribution in [1.29, 1.82) is 0 Å². The lowest BCUT2D eigenvalue weighted by Gasteiger charge is -2.26. The molecule has 2 heteroatoms. The largest absolute Gasteiger partial charge is 0.330 e. The quantitative estimate of drug-likeness (QED) is 0.830. The second kappa shape index (κ2) is 3.33. The fraction of sp³-hybridized carbons (Fsp3) is 0.538. The molecule has 2 unspecified atom stereocenters. The summed E-state index contributed by atoms with van der Waals surface area (Å²) in [6, 6.07) is 6.79. The van der Waals surface area contributed by atoms with Crippen LogP contribution in [0, 0.1) is 5.92 Å². The van der Waals surface area contributed by atoms with Gasteiger partial charge in [-0.05, 0) is 66.8 Å². The maximum absolute atomic E-state index is 5.82. The van der Waals surface area contributed by atoms with Gasteiger partial charge in [0.15, 0.2) is 0 Å². The topological polar surface area (TPSA) is 26.0 Å². The van der Waals surface area contributed by atoms with E-state index < -0.39 is 0 Å². The van der Waals surface area contributed by atoms with E-state index in [0.29, 0.717) is 5.41 Å². The molecule has 15 heavy (non-hydrogen) atoms. The van der Waals surface area contributed by atoms with E-state index in [-0.39, 0.29) is 0 Å². The van der Waals surface area contributed by atoms with Crippen molar-refractivity contribution in [1.82, 2.24) is 0 Å². The van der Waals surface area contributed by atoms with Crippen LogP contribution in [-0.4, -0.2) is 6.54 Å². The second-order valence-electron chi connectivity index (χ2n) is 4.95. The Kier molecular flexibility index (Phi) is 2.18. The number of rotatable bonds is 1. The summed E-state index contributed by atoms with van der Waals surface area (Å²) >= 11 is 3.56. The molecule has 1 spiro atoms. The summed E-state index contributed by atoms with van der Waals surface area (Å²) < 4.78 is 1.21. The third-order valence-electron chi connectivity index (χ3n) is 4.19. The molecule has 1 saturated carbocycles. The Labute approximate surface area is 99.2 Å². The number of nitrogens with two attached hydrogens (primary N) is 1. The predicted molar refractivity (Wildman–Crippen MR) is 65.9 cm³/mol. The van der Waals surface area contributed by atoms with E-state index in [1.165, 1.54) is 30.2 Å². The number of aryl methyl sites for hydroxylation is 1. The van der Waals surface area contributed by atoms with Crippen molar-refractivity contribution in [3.05, 3.63) is 33.8 Å². The molecule has 0 radical (unpaired) electrons. The van der Waals surface area contributed by atoms with Crippen molar-refractivity contribution in [3.8, 4) is 0 Å². The van der Waals surface area contributed by atoms with Crippen molar-refractivity contribution < 1.29 is 0 Å². The normalized spacial score (nSPS) is 32.8. The van der Waals surface area contributed by atoms with Gasteiger partial charge in [0.05, 0.1) is 0 Å². The first-order chi connectivity index (χ1) is 7.26. The lowest BCUT2D eigenvalue weighted by Crippen LogP contribution is -2.21. The number of halogens is 1. The maximum atomic E-state index is 5.82. The Bertz CT molecular complexity index is 402. The van der Waals surface area contributed by atoms with Crippen LogP contribution in [0.5, 0.6) is 0 Å². The Balaban J connectivity index is 2.05. The fourth-order valence-electron chi connectivity index (χ4n) is 3.31. The zero-order valence-electron chi connectivity index (χ0n) is 8.80. The van der Waals surface area contributed by atoms with Crippen LogP contribution in [-0.2, 0) is 11.8 Å². The van der Waals surface area contributed by atoms with Crippen molar-refractivity contribution >= 4 is 15.9 Å². The van der Waals surface area contributed by atoms with Gasteiger partial charge < -0.3 is 5.73 Å². The molecule has 2 aliphatic carbocycles. The Morgan fingerprint density at radius 1 is 1.47 bits per heavy atom. The number of hydrogen-bond donors (Lipinski definition) is 1. The first-order valence-corrected chi connectivity index (χ1v) is 6.54. The van der Waals surface area contributed by atoms with Crippen molar-refractivity contribution in [3.63, 3.8) is 0 Å². The number of hydrogen-bond acceptors (Lipinski definition) is 1. The van der Waals surface area contributed by atoms with Gasteiger partial charge in [0.2, 0.25) is 0 Å². The van der Waals surface area contributed by atoms with Gasteiger partial charge in [-0.2, -0.15) is 0 Å². The molecule has 0 bridgehead atoms. The summed E-state index contributed by atoms with van der Waals surface area (Å²) in [6.45, 7) is 0.857. The number of fused-ring (bicyclic) bond motifs is 2. The second-order valence-corrected chi connectivity index (χ2v) is 5.86. The third-order valence-corrected chi connectivity index (χ3v) is 4.68. The van der Waals surface area contributed by atoms with E-state index >= 15 is 0 Å². The van der Waals surface area contributed by atoms with Crippen LogP contribution >= 0.6 is 15.9 Å². The zero-order chi connectivity index (χ0) is 10.5. The summed E-state index contributed by atoms with van der Waals surface area (Å²) in [6.07, 6.45) is 5.25. The highest BCUT2D eigenvalue weighted by atomic mass is 79.9. The lowest BCUT2D eigenvalue weighted by atomic mass is 9.79. The first-order valence-electron chi connectivity index (χ1n) is 5.75. The first kappa shape index (κ1) is 9.86. The standard InChI is InChI=1S/C13H16BrN/c14-11-3-4-12-9(6-11)2-1-5-13(12)7-10(13)8-15/h3-4,6,10H,1-2,5,7-8,15H2. The summed E-state index contributed by atoms with van der Waals surface area (Å²) in [7, 11) is 0. The van der Waals surface area contributed by atoms with Gasteiger partial charge in [0.1, 0.15) is 0 Å². The Hall–Kier alpha value is -0.340. The van der Waals surface area contributed by atoms with Crippen LogP contribution in [0.4, 0.5) is 0 Å². The summed E-state index contributed by atoms with van der Waals surface area (Å²) in [5.74, 6) is 0.748. The van der Waals surface area contributed by atoms with E-state index in [0.717, 1.165) is 12.5 Å². The van der Waals surface area contributed by atoms with Crippen LogP contribution in [0.2, 0.25) is 0 Å². The molecule has 0 heterocycles. The average molecular weight is 266 g/mol. The van der Waals surface area contributed by atoms with Gasteiger partial charge in [-0.15, -0.1) is 0 Å². The minimum Gasteiger partial charge on any atom is -0.330 e. The molecule has 1 nitrogen and oxygen atoms in total. The van der Waals surface area contributed by atoms with Crippen LogP contribution in [0.25, 0.3) is 0 Å². The molecular formula is C13H16BrN. The molecule has 0 amide bonds. The average Bonchev–Trinajstić information content (AvgIpc) is 2.92. The molecule has 2 atom stereocenters. The number of benzene rings is 1. The van der Waals surface area contributed by atoms with Crippen molar-refractivity contribution in [2.45, 2.75) is 31.1 Å². The van der Waals surface area contributed by atoms with E-state index in [4.69, 9.17) is 5.73 Å². The predicted octanol–water partition coefficient (Wildman–Crippen LogP) is 3.00. The molecule has 80 valence electrons. The van der Waals surface area contributed by atoms with E-state index in [2.05, 4.69) is 34.1 Å². The highest BCUT2D eigenvalue weighted by Crippen LogP contribution is 2.59. The van der Waals surface area contributed by atoms with Crippen molar-refractivity contribution in [2.24, 2.45) is 11.7 Å². The smallest absolute Gasteiger partial charge is 0.0178 e. The summed E-state index contributed by atoms with van der Waals surface area (Å²) in [4.78, 5) is 0. The SMILES string of the molecule is NCC1CC12CCCc1cc(Br)ccc12. The molecule has 2 aliphatic rings. The van der Waals surface area contributed by atoms with Gasteiger partial charge in [0.25, 0.3) is 0 Å². The van der Waals surface area contributed by atoms with E-state index in [9.17, 15) is 0 Å². The van der Waals surface area contributed by atoms with Crippen LogP contribution in [0.3, 0.4) is 0 Å². The van der Waals surface area contributed by atoms with Crippen LogP contribution in [0.1, 0.15) is 30.4 Å². The molecule has 1 fully saturated rings. The highest BCUT2D eigenvalue weighted by Gasteiger charge is 2.55. The van der Waals surface area contributed by atoms with Gasteiger partial charge in [-0.3, -0.25) is 0 Å². The molecule has 0 aromatic heterocycles. The van der Waals surface area contributed by atoms with Gasteiger partial charge in [-0.1, -0.05) is 22.0 Å². The lowest BCUT2D eigenvalue weighted by molar-refractivity contribution is 0.499. The van der Waals surface area contributed by atoms with Gasteiger partial charge in [0, 0.05) is 4.47 Å². The van der Waals surface area contributed by atoms with Gasteiger partial charge >= 0.3 is 0 Å².